The quantitative estimate of drug-likeness (QED) is 0.444. The van der Waals surface area contributed by atoms with Crippen molar-refractivity contribution in [1.82, 2.24) is 9.88 Å². The van der Waals surface area contributed by atoms with Crippen LogP contribution >= 0.6 is 11.6 Å². The van der Waals surface area contributed by atoms with E-state index >= 15 is 0 Å². The lowest BCUT2D eigenvalue weighted by molar-refractivity contribution is -0.163. The van der Waals surface area contributed by atoms with Gasteiger partial charge in [0.2, 0.25) is 5.88 Å². The Morgan fingerprint density at radius 3 is 2.74 bits per heavy atom. The molecule has 2 aliphatic heterocycles. The summed E-state index contributed by atoms with van der Waals surface area (Å²) in [5, 5.41) is 10.4. The summed E-state index contributed by atoms with van der Waals surface area (Å²) in [5.74, 6) is 0.718. The largest absolute Gasteiger partial charge is 0.479 e. The molecule has 7 heteroatoms. The number of likely N-dealkylation sites (tertiary alicyclic amines) is 1. The van der Waals surface area contributed by atoms with E-state index in [2.05, 4.69) is 34.2 Å². The Labute approximate surface area is 228 Å². The van der Waals surface area contributed by atoms with Crippen LogP contribution in [0.5, 0.6) is 5.88 Å². The molecule has 0 saturated carbocycles. The van der Waals surface area contributed by atoms with Crippen LogP contribution in [0.25, 0.3) is 5.57 Å². The first kappa shape index (κ1) is 26.4. The third-order valence-corrected chi connectivity index (χ3v) is 7.65. The normalized spacial score (nSPS) is 21.1. The molecule has 2 aromatic rings. The van der Waals surface area contributed by atoms with Crippen molar-refractivity contribution in [3.63, 3.8) is 0 Å². The smallest absolute Gasteiger partial charge is 0.335 e. The van der Waals surface area contributed by atoms with Gasteiger partial charge in [-0.15, -0.1) is 0 Å². The minimum Gasteiger partial charge on any atom is -0.479 e. The van der Waals surface area contributed by atoms with E-state index in [0.29, 0.717) is 17.6 Å². The van der Waals surface area contributed by atoms with Crippen LogP contribution in [0.1, 0.15) is 50.2 Å². The number of piperidine rings is 1. The highest BCUT2D eigenvalue weighted by atomic mass is 35.5. The SMILES string of the molecule is CC(C)(OC1C=CC=C2Oc3ncccc3C(=CCCN3CCC(c4ccc(Cl)cc4)CC3)C=C21)C(=O)O. The van der Waals surface area contributed by atoms with Gasteiger partial charge in [0.15, 0.2) is 5.60 Å². The van der Waals surface area contributed by atoms with Gasteiger partial charge < -0.3 is 19.5 Å². The van der Waals surface area contributed by atoms with Gasteiger partial charge in [-0.3, -0.25) is 0 Å². The number of pyridine rings is 1. The zero-order valence-corrected chi connectivity index (χ0v) is 22.5. The zero-order valence-electron chi connectivity index (χ0n) is 21.8. The van der Waals surface area contributed by atoms with Crippen LogP contribution < -0.4 is 4.74 Å². The molecule has 38 heavy (non-hydrogen) atoms. The minimum atomic E-state index is -1.35. The average Bonchev–Trinajstić information content (AvgIpc) is 3.07. The van der Waals surface area contributed by atoms with Crippen LogP contribution in [0.3, 0.4) is 0 Å². The minimum absolute atomic E-state index is 0.534. The van der Waals surface area contributed by atoms with E-state index in [9.17, 15) is 9.90 Å². The molecule has 3 aliphatic rings. The lowest BCUT2D eigenvalue weighted by Gasteiger charge is -2.32. The molecule has 0 spiro atoms. The Hall–Kier alpha value is -3.19. The highest BCUT2D eigenvalue weighted by Gasteiger charge is 2.35. The van der Waals surface area contributed by atoms with Gasteiger partial charge in [-0.1, -0.05) is 42.0 Å². The van der Waals surface area contributed by atoms with E-state index in [1.54, 1.807) is 20.0 Å². The summed E-state index contributed by atoms with van der Waals surface area (Å²) >= 11 is 6.06. The Morgan fingerprint density at radius 1 is 1.24 bits per heavy atom. The first-order valence-corrected chi connectivity index (χ1v) is 13.5. The van der Waals surface area contributed by atoms with E-state index in [1.807, 2.05) is 42.5 Å². The van der Waals surface area contributed by atoms with E-state index in [-0.39, 0.29) is 0 Å². The van der Waals surface area contributed by atoms with Crippen LogP contribution in [0.4, 0.5) is 0 Å². The topological polar surface area (TPSA) is 71.9 Å². The molecular weight excluding hydrogens is 500 g/mol. The molecule has 1 atom stereocenters. The van der Waals surface area contributed by atoms with Gasteiger partial charge in [0.1, 0.15) is 11.9 Å². The second-order valence-electron chi connectivity index (χ2n) is 10.4. The number of benzene rings is 1. The number of carboxylic acid groups (broad SMARTS) is 1. The Bertz CT molecular complexity index is 1300. The third kappa shape index (κ3) is 5.93. The molecule has 6 nitrogen and oxygen atoms in total. The fourth-order valence-corrected chi connectivity index (χ4v) is 5.26. The van der Waals surface area contributed by atoms with Gasteiger partial charge in [0.25, 0.3) is 0 Å². The Kier molecular flexibility index (Phi) is 7.84. The van der Waals surface area contributed by atoms with Gasteiger partial charge in [0, 0.05) is 28.9 Å². The highest BCUT2D eigenvalue weighted by molar-refractivity contribution is 6.30. The summed E-state index contributed by atoms with van der Waals surface area (Å²) in [6.45, 7) is 6.21. The van der Waals surface area contributed by atoms with Crippen LogP contribution in [0.2, 0.25) is 5.02 Å². The first-order valence-electron chi connectivity index (χ1n) is 13.1. The monoisotopic (exact) mass is 532 g/mol. The Morgan fingerprint density at radius 2 is 2.00 bits per heavy atom. The van der Waals surface area contributed by atoms with Crippen molar-refractivity contribution in [1.29, 1.82) is 0 Å². The highest BCUT2D eigenvalue weighted by Crippen LogP contribution is 2.37. The molecular formula is C31H33ClN2O4. The summed E-state index contributed by atoms with van der Waals surface area (Å²) in [6, 6.07) is 12.2. The molecule has 1 aromatic heterocycles. The summed E-state index contributed by atoms with van der Waals surface area (Å²) < 4.78 is 12.2. The van der Waals surface area contributed by atoms with Crippen LogP contribution in [0, 0.1) is 0 Å². The number of ether oxygens (including phenoxy) is 2. The second-order valence-corrected chi connectivity index (χ2v) is 10.9. The maximum Gasteiger partial charge on any atom is 0.335 e. The van der Waals surface area contributed by atoms with Crippen LogP contribution in [-0.4, -0.2) is 52.3 Å². The maximum atomic E-state index is 11.7. The number of aliphatic carboxylic acids is 1. The molecule has 1 saturated heterocycles. The van der Waals surface area contributed by atoms with Crippen molar-refractivity contribution < 1.29 is 19.4 Å². The summed E-state index contributed by atoms with van der Waals surface area (Å²) in [5.41, 5.74) is 2.72. The lowest BCUT2D eigenvalue weighted by atomic mass is 9.89. The number of halogens is 1. The van der Waals surface area contributed by atoms with Gasteiger partial charge in [-0.25, -0.2) is 9.78 Å². The number of hydrogen-bond donors (Lipinski definition) is 1. The summed E-state index contributed by atoms with van der Waals surface area (Å²) in [4.78, 5) is 18.7. The predicted octanol–water partition coefficient (Wildman–Crippen LogP) is 6.41. The molecule has 3 heterocycles. The zero-order chi connectivity index (χ0) is 26.7. The number of hydrogen-bond acceptors (Lipinski definition) is 5. The van der Waals surface area contributed by atoms with Crippen molar-refractivity contribution in [2.45, 2.75) is 50.7 Å². The maximum absolute atomic E-state index is 11.7. The summed E-state index contributed by atoms with van der Waals surface area (Å²) in [7, 11) is 0. The molecule has 1 fully saturated rings. The number of rotatable bonds is 7. The fraction of sp³-hybridized carbons (Fsp3) is 0.355. The van der Waals surface area contributed by atoms with Crippen molar-refractivity contribution in [2.24, 2.45) is 0 Å². The number of fused-ring (bicyclic) bond motifs is 2. The van der Waals surface area contributed by atoms with E-state index < -0.39 is 17.7 Å². The molecule has 5 rings (SSSR count). The Balaban J connectivity index is 1.31. The molecule has 0 radical (unpaired) electrons. The van der Waals surface area contributed by atoms with Crippen LogP contribution in [0.15, 0.2) is 84.3 Å². The number of aromatic nitrogens is 1. The second kappa shape index (κ2) is 11.3. The van der Waals surface area contributed by atoms with E-state index in [1.165, 1.54) is 5.56 Å². The molecule has 1 aliphatic carbocycles. The number of allylic oxidation sites excluding steroid dienone is 4. The molecule has 0 bridgehead atoms. The molecule has 1 aromatic carbocycles. The van der Waals surface area contributed by atoms with E-state index in [0.717, 1.165) is 60.6 Å². The predicted molar refractivity (Wildman–Crippen MR) is 149 cm³/mol. The van der Waals surface area contributed by atoms with Crippen LogP contribution in [-0.2, 0) is 9.53 Å². The first-order chi connectivity index (χ1) is 18.3. The van der Waals surface area contributed by atoms with Gasteiger partial charge in [-0.05, 0) is 99.7 Å². The molecule has 0 amide bonds. The van der Waals surface area contributed by atoms with Gasteiger partial charge in [0.05, 0.1) is 0 Å². The van der Waals surface area contributed by atoms with Crippen molar-refractivity contribution in [2.75, 3.05) is 19.6 Å². The van der Waals surface area contributed by atoms with Crippen molar-refractivity contribution in [3.05, 3.63) is 100 Å². The van der Waals surface area contributed by atoms with Crippen molar-refractivity contribution >= 4 is 23.1 Å². The van der Waals surface area contributed by atoms with Gasteiger partial charge in [-0.2, -0.15) is 0 Å². The lowest BCUT2D eigenvalue weighted by Crippen LogP contribution is -2.39. The number of carboxylic acids is 1. The molecule has 1 N–H and O–H groups in total. The average molecular weight is 533 g/mol. The van der Waals surface area contributed by atoms with Gasteiger partial charge >= 0.3 is 5.97 Å². The number of carbonyl (C=O) groups is 1. The molecule has 1 unspecified atom stereocenters. The van der Waals surface area contributed by atoms with E-state index in [4.69, 9.17) is 21.1 Å². The molecule has 198 valence electrons. The third-order valence-electron chi connectivity index (χ3n) is 7.40. The van der Waals surface area contributed by atoms with Crippen molar-refractivity contribution in [3.8, 4) is 5.88 Å². The standard InChI is InChI=1S/C31H33ClN2O4/c1-31(2,30(35)36)38-28-9-3-8-27-26(28)20-23(25-7-4-16-33-29(25)37-27)6-5-17-34-18-14-22(15-19-34)21-10-12-24(32)13-11-21/h3-4,6-13,16,20,22,28H,5,14-15,17-19H2,1-2H3,(H,35,36). The fourth-order valence-electron chi connectivity index (χ4n) is 5.14. The summed E-state index contributed by atoms with van der Waals surface area (Å²) in [6.07, 6.45) is 14.2. The number of nitrogens with zero attached hydrogens (tertiary/aromatic N) is 2.